The predicted octanol–water partition coefficient (Wildman–Crippen LogP) is 3.32. The molecular weight excluding hydrogens is 328 g/mol. The highest BCUT2D eigenvalue weighted by Gasteiger charge is 2.22. The Morgan fingerprint density at radius 2 is 1.77 bits per heavy atom. The number of rotatable bonds is 5. The van der Waals surface area contributed by atoms with Gasteiger partial charge in [0.05, 0.1) is 20.8 Å². The molecule has 5 nitrogen and oxygen atoms in total. The molecule has 1 aliphatic rings. The van der Waals surface area contributed by atoms with Crippen molar-refractivity contribution < 1.29 is 14.3 Å². The SMILES string of the molecule is COc1cc2c(cc1OC)CN(C(=O)CNc1ccc(C)cc1C)CC2. The Balaban J connectivity index is 1.67. The summed E-state index contributed by atoms with van der Waals surface area (Å²) < 4.78 is 10.8. The van der Waals surface area contributed by atoms with Gasteiger partial charge in [-0.2, -0.15) is 0 Å². The van der Waals surface area contributed by atoms with E-state index in [-0.39, 0.29) is 5.91 Å². The van der Waals surface area contributed by atoms with Gasteiger partial charge in [0, 0.05) is 18.8 Å². The van der Waals surface area contributed by atoms with Crippen molar-refractivity contribution in [3.05, 3.63) is 52.6 Å². The van der Waals surface area contributed by atoms with E-state index in [1.54, 1.807) is 14.2 Å². The van der Waals surface area contributed by atoms with Gasteiger partial charge >= 0.3 is 0 Å². The minimum atomic E-state index is 0.102. The molecule has 0 aliphatic carbocycles. The summed E-state index contributed by atoms with van der Waals surface area (Å²) in [5, 5.41) is 3.27. The molecule has 0 spiro atoms. The number of ether oxygens (including phenoxy) is 2. The average Bonchev–Trinajstić information content (AvgIpc) is 2.65. The van der Waals surface area contributed by atoms with Crippen LogP contribution in [-0.2, 0) is 17.8 Å². The van der Waals surface area contributed by atoms with Gasteiger partial charge < -0.3 is 19.7 Å². The van der Waals surface area contributed by atoms with Gasteiger partial charge in [-0.3, -0.25) is 4.79 Å². The van der Waals surface area contributed by atoms with Crippen LogP contribution < -0.4 is 14.8 Å². The van der Waals surface area contributed by atoms with E-state index in [0.29, 0.717) is 18.8 Å². The smallest absolute Gasteiger partial charge is 0.242 e. The van der Waals surface area contributed by atoms with Crippen molar-refractivity contribution in [1.29, 1.82) is 0 Å². The second kappa shape index (κ2) is 7.68. The number of amides is 1. The topological polar surface area (TPSA) is 50.8 Å². The number of nitrogens with one attached hydrogen (secondary N) is 1. The van der Waals surface area contributed by atoms with E-state index in [9.17, 15) is 4.79 Å². The van der Waals surface area contributed by atoms with Gasteiger partial charge in [0.25, 0.3) is 0 Å². The van der Waals surface area contributed by atoms with Gasteiger partial charge in [-0.25, -0.2) is 0 Å². The summed E-state index contributed by atoms with van der Waals surface area (Å²) in [5.41, 5.74) is 5.71. The van der Waals surface area contributed by atoms with Crippen LogP contribution in [0.25, 0.3) is 0 Å². The second-order valence-electron chi connectivity index (χ2n) is 6.71. The number of carbonyl (C=O) groups excluding carboxylic acids is 1. The number of anilines is 1. The number of aryl methyl sites for hydroxylation is 2. The lowest BCUT2D eigenvalue weighted by molar-refractivity contribution is -0.130. The molecule has 138 valence electrons. The van der Waals surface area contributed by atoms with E-state index in [4.69, 9.17) is 9.47 Å². The molecule has 0 saturated heterocycles. The molecule has 0 saturated carbocycles. The lowest BCUT2D eigenvalue weighted by atomic mass is 9.98. The lowest BCUT2D eigenvalue weighted by Crippen LogP contribution is -2.39. The van der Waals surface area contributed by atoms with E-state index in [0.717, 1.165) is 35.5 Å². The molecular formula is C21H26N2O3. The molecule has 1 N–H and O–H groups in total. The molecule has 2 aromatic rings. The molecule has 26 heavy (non-hydrogen) atoms. The fourth-order valence-electron chi connectivity index (χ4n) is 3.39. The van der Waals surface area contributed by atoms with Crippen LogP contribution in [0.5, 0.6) is 11.5 Å². The highest BCUT2D eigenvalue weighted by atomic mass is 16.5. The van der Waals surface area contributed by atoms with Gasteiger partial charge in [-0.05, 0) is 55.2 Å². The maximum Gasteiger partial charge on any atom is 0.242 e. The molecule has 0 atom stereocenters. The van der Waals surface area contributed by atoms with Crippen molar-refractivity contribution in [2.45, 2.75) is 26.8 Å². The Labute approximate surface area is 154 Å². The maximum absolute atomic E-state index is 12.6. The Morgan fingerprint density at radius 3 is 2.42 bits per heavy atom. The third-order valence-electron chi connectivity index (χ3n) is 4.88. The predicted molar refractivity (Wildman–Crippen MR) is 103 cm³/mol. The first-order valence-corrected chi connectivity index (χ1v) is 8.84. The van der Waals surface area contributed by atoms with Gasteiger partial charge in [-0.15, -0.1) is 0 Å². The summed E-state index contributed by atoms with van der Waals surface area (Å²) in [5.74, 6) is 1.54. The minimum absolute atomic E-state index is 0.102. The quantitative estimate of drug-likeness (QED) is 0.895. The number of benzene rings is 2. The largest absolute Gasteiger partial charge is 0.493 e. The molecule has 2 aromatic carbocycles. The maximum atomic E-state index is 12.6. The van der Waals surface area contributed by atoms with Crippen molar-refractivity contribution in [3.8, 4) is 11.5 Å². The number of hydrogen-bond donors (Lipinski definition) is 1. The van der Waals surface area contributed by atoms with Crippen LogP contribution in [0.15, 0.2) is 30.3 Å². The Kier molecular flexibility index (Phi) is 5.35. The minimum Gasteiger partial charge on any atom is -0.493 e. The number of methoxy groups -OCH3 is 2. The fraction of sp³-hybridized carbons (Fsp3) is 0.381. The number of nitrogens with zero attached hydrogens (tertiary/aromatic N) is 1. The van der Waals surface area contributed by atoms with Gasteiger partial charge in [0.1, 0.15) is 0 Å². The summed E-state index contributed by atoms with van der Waals surface area (Å²) in [4.78, 5) is 14.5. The third-order valence-corrected chi connectivity index (χ3v) is 4.88. The molecule has 1 aliphatic heterocycles. The lowest BCUT2D eigenvalue weighted by Gasteiger charge is -2.30. The molecule has 1 heterocycles. The van der Waals surface area contributed by atoms with E-state index in [2.05, 4.69) is 31.3 Å². The van der Waals surface area contributed by atoms with Crippen molar-refractivity contribution in [3.63, 3.8) is 0 Å². The summed E-state index contributed by atoms with van der Waals surface area (Å²) in [6, 6.07) is 10.2. The van der Waals surface area contributed by atoms with Gasteiger partial charge in [-0.1, -0.05) is 17.7 Å². The Hall–Kier alpha value is -2.69. The molecule has 0 radical (unpaired) electrons. The van der Waals surface area contributed by atoms with Gasteiger partial charge in [0.15, 0.2) is 11.5 Å². The van der Waals surface area contributed by atoms with Crippen LogP contribution in [0.4, 0.5) is 5.69 Å². The third kappa shape index (κ3) is 3.77. The first-order chi connectivity index (χ1) is 12.5. The van der Waals surface area contributed by atoms with Crippen LogP contribution >= 0.6 is 0 Å². The first-order valence-electron chi connectivity index (χ1n) is 8.84. The highest BCUT2D eigenvalue weighted by Crippen LogP contribution is 2.33. The standard InChI is InChI=1S/C21H26N2O3/c1-14-5-6-18(15(2)9-14)22-12-21(24)23-8-7-16-10-19(25-3)20(26-4)11-17(16)13-23/h5-6,9-11,22H,7-8,12-13H2,1-4H3. The van der Waals surface area contributed by atoms with E-state index < -0.39 is 0 Å². The molecule has 0 unspecified atom stereocenters. The van der Waals surface area contributed by atoms with Crippen LogP contribution in [0.2, 0.25) is 0 Å². The van der Waals surface area contributed by atoms with Crippen molar-refractivity contribution in [2.24, 2.45) is 0 Å². The molecule has 5 heteroatoms. The Morgan fingerprint density at radius 1 is 1.08 bits per heavy atom. The van der Waals surface area contributed by atoms with E-state index in [1.807, 2.05) is 23.1 Å². The normalized spacial score (nSPS) is 13.2. The second-order valence-corrected chi connectivity index (χ2v) is 6.71. The van der Waals surface area contributed by atoms with Gasteiger partial charge in [0.2, 0.25) is 5.91 Å². The first kappa shape index (κ1) is 18.1. The molecule has 3 rings (SSSR count). The summed E-state index contributed by atoms with van der Waals surface area (Å²) in [6.45, 7) is 5.73. The number of carbonyl (C=O) groups is 1. The summed E-state index contributed by atoms with van der Waals surface area (Å²) in [6.07, 6.45) is 0.824. The number of hydrogen-bond acceptors (Lipinski definition) is 4. The van der Waals surface area contributed by atoms with E-state index >= 15 is 0 Å². The van der Waals surface area contributed by atoms with Crippen LogP contribution in [0.3, 0.4) is 0 Å². The van der Waals surface area contributed by atoms with Crippen LogP contribution in [0.1, 0.15) is 22.3 Å². The monoisotopic (exact) mass is 354 g/mol. The fourth-order valence-corrected chi connectivity index (χ4v) is 3.39. The molecule has 0 aromatic heterocycles. The van der Waals surface area contributed by atoms with E-state index in [1.165, 1.54) is 11.1 Å². The average molecular weight is 354 g/mol. The zero-order valence-corrected chi connectivity index (χ0v) is 15.9. The molecule has 0 fully saturated rings. The van der Waals surface area contributed by atoms with Crippen molar-refractivity contribution >= 4 is 11.6 Å². The number of fused-ring (bicyclic) bond motifs is 1. The zero-order valence-electron chi connectivity index (χ0n) is 15.9. The van der Waals surface area contributed by atoms with Crippen LogP contribution in [-0.4, -0.2) is 38.1 Å². The Bertz CT molecular complexity index is 817. The molecule has 1 amide bonds. The highest BCUT2D eigenvalue weighted by molar-refractivity contribution is 5.81. The van der Waals surface area contributed by atoms with Crippen molar-refractivity contribution in [2.75, 3.05) is 32.6 Å². The summed E-state index contributed by atoms with van der Waals surface area (Å²) in [7, 11) is 3.27. The summed E-state index contributed by atoms with van der Waals surface area (Å²) >= 11 is 0. The molecule has 0 bridgehead atoms. The van der Waals surface area contributed by atoms with Crippen molar-refractivity contribution in [1.82, 2.24) is 4.90 Å². The zero-order chi connectivity index (χ0) is 18.7. The van der Waals surface area contributed by atoms with Crippen LogP contribution in [0, 0.1) is 13.8 Å².